The summed E-state index contributed by atoms with van der Waals surface area (Å²) in [7, 11) is 0. The van der Waals surface area contributed by atoms with Crippen LogP contribution in [0.15, 0.2) is 4.52 Å². The number of H-pyrrole nitrogens is 1. The van der Waals surface area contributed by atoms with Crippen molar-refractivity contribution in [1.29, 1.82) is 0 Å². The number of nitrogens with one attached hydrogen (secondary N) is 1. The molecule has 3 saturated heterocycles. The van der Waals surface area contributed by atoms with E-state index in [0.29, 0.717) is 38.0 Å². The number of halogens is 3. The van der Waals surface area contributed by atoms with Gasteiger partial charge in [-0.05, 0) is 25.7 Å². The second-order valence-corrected chi connectivity index (χ2v) is 11.1. The number of alkyl halides is 3. The molecule has 0 atom stereocenters. The molecule has 10 nitrogen and oxygen atoms in total. The van der Waals surface area contributed by atoms with Gasteiger partial charge in [0, 0.05) is 61.9 Å². The highest BCUT2D eigenvalue weighted by Crippen LogP contribution is 2.56. The van der Waals surface area contributed by atoms with Gasteiger partial charge >= 0.3 is 12.2 Å². The van der Waals surface area contributed by atoms with Crippen LogP contribution < -0.4 is 0 Å². The van der Waals surface area contributed by atoms with Crippen LogP contribution >= 0.6 is 0 Å². The van der Waals surface area contributed by atoms with Gasteiger partial charge in [-0.25, -0.2) is 9.78 Å². The van der Waals surface area contributed by atoms with Crippen molar-refractivity contribution in [2.75, 3.05) is 39.3 Å². The lowest BCUT2D eigenvalue weighted by molar-refractivity contribution is -0.146. The second kappa shape index (κ2) is 6.70. The van der Waals surface area contributed by atoms with Gasteiger partial charge in [0.05, 0.1) is 6.54 Å². The number of aromatic nitrogens is 5. The van der Waals surface area contributed by atoms with Crippen LogP contribution in [0.5, 0.6) is 0 Å². The molecule has 2 aromatic heterocycles. The van der Waals surface area contributed by atoms with Gasteiger partial charge in [-0.2, -0.15) is 23.3 Å². The van der Waals surface area contributed by atoms with Crippen molar-refractivity contribution in [3.05, 3.63) is 23.4 Å². The van der Waals surface area contributed by atoms with Crippen LogP contribution in [0.3, 0.4) is 0 Å². The van der Waals surface area contributed by atoms with Crippen LogP contribution in [0.25, 0.3) is 0 Å². The van der Waals surface area contributed by atoms with Crippen molar-refractivity contribution < 1.29 is 22.5 Å². The fourth-order valence-corrected chi connectivity index (χ4v) is 6.27. The summed E-state index contributed by atoms with van der Waals surface area (Å²) in [4.78, 5) is 26.7. The Morgan fingerprint density at radius 1 is 1.00 bits per heavy atom. The minimum absolute atomic E-state index is 0.0341. The Kier molecular flexibility index (Phi) is 4.07. The first-order valence-electron chi connectivity index (χ1n) is 11.8. The normalized spacial score (nSPS) is 25.7. The van der Waals surface area contributed by atoms with Crippen molar-refractivity contribution in [1.82, 2.24) is 40.0 Å². The Hall–Kier alpha value is -2.70. The number of likely N-dealkylation sites (tertiary alicyclic amines) is 3. The SMILES string of the molecule is O=C(N1CC2(CC(c3nc(C4CC4)n[nH]3)C2)C1)N1CC2(CN(Cc3nc(C(F)(F)F)no3)C2)C1. The van der Waals surface area contributed by atoms with Gasteiger partial charge < -0.3 is 14.3 Å². The molecule has 2 aliphatic carbocycles. The summed E-state index contributed by atoms with van der Waals surface area (Å²) in [5.41, 5.74) is 0.278. The molecule has 1 N–H and O–H groups in total. The maximum absolute atomic E-state index is 12.8. The zero-order valence-corrected chi connectivity index (χ0v) is 18.5. The summed E-state index contributed by atoms with van der Waals surface area (Å²) in [6, 6.07) is 0.0977. The Bertz CT molecular complexity index is 1110. The zero-order valence-electron chi connectivity index (χ0n) is 18.5. The highest BCUT2D eigenvalue weighted by atomic mass is 19.4. The Balaban J connectivity index is 0.844. The summed E-state index contributed by atoms with van der Waals surface area (Å²) in [5.74, 6) is 1.67. The van der Waals surface area contributed by atoms with E-state index in [4.69, 9.17) is 4.52 Å². The standard InChI is InChI=1S/C21H25F3N8O2/c22-21(23,24)17-25-14(34-29-17)5-30-6-20(7-30)10-32(11-20)18(33)31-8-19(9-31)3-13(4-19)16-26-15(27-28-16)12-1-2-12/h12-13H,1-11H2,(H,26,27,28). The molecule has 182 valence electrons. The molecule has 2 aromatic rings. The van der Waals surface area contributed by atoms with Crippen LogP contribution in [-0.2, 0) is 12.7 Å². The fourth-order valence-electron chi connectivity index (χ4n) is 6.27. The van der Waals surface area contributed by atoms with Gasteiger partial charge in [0.15, 0.2) is 5.82 Å². The molecule has 34 heavy (non-hydrogen) atoms. The van der Waals surface area contributed by atoms with E-state index in [1.807, 2.05) is 14.7 Å². The van der Waals surface area contributed by atoms with E-state index in [1.54, 1.807) is 0 Å². The summed E-state index contributed by atoms with van der Waals surface area (Å²) < 4.78 is 42.5. The van der Waals surface area contributed by atoms with Gasteiger partial charge in [-0.1, -0.05) is 5.16 Å². The summed E-state index contributed by atoms with van der Waals surface area (Å²) in [5, 5.41) is 10.5. The molecule has 2 spiro atoms. The van der Waals surface area contributed by atoms with Gasteiger partial charge in [0.1, 0.15) is 5.82 Å². The molecule has 5 fully saturated rings. The number of amides is 2. The summed E-state index contributed by atoms with van der Waals surface area (Å²) >= 11 is 0. The van der Waals surface area contributed by atoms with Crippen molar-refractivity contribution in [2.45, 2.75) is 50.2 Å². The number of hydrogen-bond donors (Lipinski definition) is 1. The monoisotopic (exact) mass is 478 g/mol. The lowest BCUT2D eigenvalue weighted by atomic mass is 9.57. The van der Waals surface area contributed by atoms with E-state index >= 15 is 0 Å². The van der Waals surface area contributed by atoms with E-state index in [1.165, 1.54) is 12.8 Å². The average molecular weight is 478 g/mol. The predicted octanol–water partition coefficient (Wildman–Crippen LogP) is 2.20. The Morgan fingerprint density at radius 2 is 1.68 bits per heavy atom. The first kappa shape index (κ1) is 20.7. The number of carbonyl (C=O) groups excluding carboxylic acids is 1. The molecule has 0 bridgehead atoms. The van der Waals surface area contributed by atoms with E-state index in [0.717, 1.165) is 37.6 Å². The first-order valence-corrected chi connectivity index (χ1v) is 11.8. The lowest BCUT2D eigenvalue weighted by Crippen LogP contribution is -2.75. The third-order valence-corrected chi connectivity index (χ3v) is 8.05. The zero-order chi connectivity index (χ0) is 23.3. The van der Waals surface area contributed by atoms with Crippen LogP contribution in [0, 0.1) is 10.8 Å². The first-order chi connectivity index (χ1) is 16.2. The lowest BCUT2D eigenvalue weighted by Gasteiger charge is -2.63. The molecule has 0 radical (unpaired) electrons. The van der Waals surface area contributed by atoms with Crippen molar-refractivity contribution >= 4 is 6.03 Å². The quantitative estimate of drug-likeness (QED) is 0.718. The molecule has 7 rings (SSSR count). The van der Waals surface area contributed by atoms with E-state index < -0.39 is 12.0 Å². The second-order valence-electron chi connectivity index (χ2n) is 11.1. The van der Waals surface area contributed by atoms with Crippen LogP contribution in [0.1, 0.15) is 60.9 Å². The average Bonchev–Trinajstić information content (AvgIpc) is 3.19. The molecular formula is C21H25F3N8O2. The molecule has 0 aromatic carbocycles. The van der Waals surface area contributed by atoms with E-state index in [9.17, 15) is 18.0 Å². The minimum Gasteiger partial charge on any atom is -0.338 e. The molecular weight excluding hydrogens is 453 g/mol. The smallest absolute Gasteiger partial charge is 0.338 e. The largest absolute Gasteiger partial charge is 0.455 e. The number of aromatic amines is 1. The van der Waals surface area contributed by atoms with Crippen molar-refractivity contribution in [3.8, 4) is 0 Å². The predicted molar refractivity (Wildman–Crippen MR) is 108 cm³/mol. The molecule has 13 heteroatoms. The summed E-state index contributed by atoms with van der Waals surface area (Å²) in [6.07, 6.45) is -0.0972. The van der Waals surface area contributed by atoms with Gasteiger partial charge in [0.25, 0.3) is 5.82 Å². The third-order valence-electron chi connectivity index (χ3n) is 8.05. The van der Waals surface area contributed by atoms with Crippen molar-refractivity contribution in [3.63, 3.8) is 0 Å². The maximum Gasteiger partial charge on any atom is 0.455 e. The van der Waals surface area contributed by atoms with Gasteiger partial charge in [0.2, 0.25) is 5.89 Å². The molecule has 2 amide bonds. The van der Waals surface area contributed by atoms with Crippen LogP contribution in [0.4, 0.5) is 18.0 Å². The fraction of sp³-hybridized carbons (Fsp3) is 0.762. The highest BCUT2D eigenvalue weighted by Gasteiger charge is 2.58. The molecule has 2 saturated carbocycles. The number of carbonyl (C=O) groups is 1. The van der Waals surface area contributed by atoms with Crippen LogP contribution in [0.2, 0.25) is 0 Å². The van der Waals surface area contributed by atoms with Gasteiger partial charge in [-0.3, -0.25) is 10.00 Å². The van der Waals surface area contributed by atoms with E-state index in [-0.39, 0.29) is 29.3 Å². The molecule has 5 heterocycles. The summed E-state index contributed by atoms with van der Waals surface area (Å²) in [6.45, 7) is 4.61. The maximum atomic E-state index is 12.8. The van der Waals surface area contributed by atoms with E-state index in [2.05, 4.69) is 25.3 Å². The molecule has 3 aliphatic heterocycles. The highest BCUT2D eigenvalue weighted by molar-refractivity contribution is 5.77. The number of rotatable bonds is 4. The molecule has 0 unspecified atom stereocenters. The van der Waals surface area contributed by atoms with Crippen LogP contribution in [-0.4, -0.2) is 85.3 Å². The number of hydrogen-bond acceptors (Lipinski definition) is 7. The Morgan fingerprint density at radius 3 is 2.29 bits per heavy atom. The number of nitrogens with zero attached hydrogens (tertiary/aromatic N) is 7. The minimum atomic E-state index is -4.60. The van der Waals surface area contributed by atoms with Gasteiger partial charge in [-0.15, -0.1) is 0 Å². The Labute approximate surface area is 192 Å². The molecule has 5 aliphatic rings. The number of urea groups is 1. The third kappa shape index (κ3) is 3.30. The van der Waals surface area contributed by atoms with Crippen molar-refractivity contribution in [2.24, 2.45) is 10.8 Å². The topological polar surface area (TPSA) is 107 Å².